The van der Waals surface area contributed by atoms with Crippen LogP contribution in [0.3, 0.4) is 0 Å². The first-order chi connectivity index (χ1) is 15.1. The average molecular weight is 418 g/mol. The van der Waals surface area contributed by atoms with Crippen LogP contribution in [0.5, 0.6) is 0 Å². The largest absolute Gasteiger partial charge is 0.339 e. The predicted octanol–water partition coefficient (Wildman–Crippen LogP) is 3.53. The summed E-state index contributed by atoms with van der Waals surface area (Å²) in [5.41, 5.74) is 4.80. The molecule has 1 atom stereocenters. The Morgan fingerprint density at radius 1 is 0.871 bits per heavy atom. The van der Waals surface area contributed by atoms with Crippen molar-refractivity contribution in [2.24, 2.45) is 0 Å². The van der Waals surface area contributed by atoms with Crippen LogP contribution >= 0.6 is 0 Å². The van der Waals surface area contributed by atoms with E-state index in [2.05, 4.69) is 80.4 Å². The monoisotopic (exact) mass is 417 g/mol. The third kappa shape index (κ3) is 4.71. The molecule has 5 rings (SSSR count). The zero-order valence-electron chi connectivity index (χ0n) is 18.5. The van der Waals surface area contributed by atoms with Crippen LogP contribution in [-0.4, -0.2) is 77.2 Å². The van der Waals surface area contributed by atoms with E-state index in [1.54, 1.807) is 6.92 Å². The minimum Gasteiger partial charge on any atom is -0.339 e. The Balaban J connectivity index is 1.18. The molecule has 0 spiro atoms. The van der Waals surface area contributed by atoms with Crippen molar-refractivity contribution in [1.82, 2.24) is 24.8 Å². The van der Waals surface area contributed by atoms with E-state index in [0.29, 0.717) is 11.7 Å². The molecule has 0 aliphatic carbocycles. The summed E-state index contributed by atoms with van der Waals surface area (Å²) in [6.45, 7) is 10.1. The van der Waals surface area contributed by atoms with Crippen molar-refractivity contribution < 1.29 is 4.52 Å². The summed E-state index contributed by atoms with van der Waals surface area (Å²) in [6, 6.07) is 18.1. The Labute approximate surface area is 184 Å². The lowest BCUT2D eigenvalue weighted by Gasteiger charge is -2.36. The van der Waals surface area contributed by atoms with E-state index in [1.807, 2.05) is 0 Å². The van der Waals surface area contributed by atoms with Crippen molar-refractivity contribution in [3.63, 3.8) is 0 Å². The second-order valence-corrected chi connectivity index (χ2v) is 8.93. The SMILES string of the molecule is Cc1nc(-c2ccc(-c3ccc(CN4CC[C@H](N5CCN(C)CC5)C4)cc3)cc2)no1. The second-order valence-electron chi connectivity index (χ2n) is 8.93. The molecular weight excluding hydrogens is 386 g/mol. The van der Waals surface area contributed by atoms with Gasteiger partial charge in [-0.3, -0.25) is 9.80 Å². The molecular formula is C25H31N5O. The van der Waals surface area contributed by atoms with Gasteiger partial charge in [0.1, 0.15) is 0 Å². The summed E-state index contributed by atoms with van der Waals surface area (Å²) < 4.78 is 5.08. The summed E-state index contributed by atoms with van der Waals surface area (Å²) in [7, 11) is 2.23. The van der Waals surface area contributed by atoms with Gasteiger partial charge in [0.05, 0.1) is 0 Å². The summed E-state index contributed by atoms with van der Waals surface area (Å²) in [5.74, 6) is 1.22. The normalized spacial score (nSPS) is 21.0. The molecule has 2 aliphatic heterocycles. The quantitative estimate of drug-likeness (QED) is 0.633. The smallest absolute Gasteiger partial charge is 0.223 e. The highest BCUT2D eigenvalue weighted by Gasteiger charge is 2.29. The molecule has 0 saturated carbocycles. The molecule has 0 N–H and O–H groups in total. The molecule has 2 aliphatic rings. The maximum absolute atomic E-state index is 5.08. The molecule has 1 aromatic heterocycles. The molecule has 162 valence electrons. The number of benzene rings is 2. The molecule has 0 amide bonds. The van der Waals surface area contributed by atoms with Crippen molar-refractivity contribution in [3.05, 3.63) is 60.0 Å². The number of likely N-dealkylation sites (tertiary alicyclic amines) is 1. The zero-order valence-corrected chi connectivity index (χ0v) is 18.5. The number of piperazine rings is 1. The van der Waals surface area contributed by atoms with E-state index in [1.165, 1.54) is 62.4 Å². The highest BCUT2D eigenvalue weighted by molar-refractivity contribution is 5.67. The number of aromatic nitrogens is 2. The topological polar surface area (TPSA) is 48.6 Å². The van der Waals surface area contributed by atoms with Crippen LogP contribution in [0.15, 0.2) is 53.1 Å². The summed E-state index contributed by atoms with van der Waals surface area (Å²) in [6.07, 6.45) is 1.30. The minimum absolute atomic E-state index is 0.586. The predicted molar refractivity (Wildman–Crippen MR) is 123 cm³/mol. The van der Waals surface area contributed by atoms with E-state index in [-0.39, 0.29) is 0 Å². The van der Waals surface area contributed by atoms with E-state index in [9.17, 15) is 0 Å². The average Bonchev–Trinajstić information content (AvgIpc) is 3.44. The Morgan fingerprint density at radius 2 is 1.52 bits per heavy atom. The summed E-state index contributed by atoms with van der Waals surface area (Å²) >= 11 is 0. The Kier molecular flexibility index (Phi) is 5.85. The maximum atomic E-state index is 5.08. The lowest BCUT2D eigenvalue weighted by Crippen LogP contribution is -2.49. The van der Waals surface area contributed by atoms with Gasteiger partial charge in [0.15, 0.2) is 0 Å². The van der Waals surface area contributed by atoms with Gasteiger partial charge in [0, 0.05) is 64.3 Å². The van der Waals surface area contributed by atoms with Crippen molar-refractivity contribution in [1.29, 1.82) is 0 Å². The second kappa shape index (κ2) is 8.91. The van der Waals surface area contributed by atoms with E-state index in [0.717, 1.165) is 18.2 Å². The van der Waals surface area contributed by atoms with Crippen molar-refractivity contribution in [2.75, 3.05) is 46.3 Å². The molecule has 0 radical (unpaired) electrons. The third-order valence-corrected chi connectivity index (χ3v) is 6.67. The molecule has 2 aromatic carbocycles. The number of aryl methyl sites for hydroxylation is 1. The summed E-state index contributed by atoms with van der Waals surface area (Å²) in [4.78, 5) is 12.0. The fraction of sp³-hybridized carbons (Fsp3) is 0.440. The number of likely N-dealkylation sites (N-methyl/N-ethyl adjacent to an activating group) is 1. The van der Waals surface area contributed by atoms with E-state index in [4.69, 9.17) is 4.52 Å². The van der Waals surface area contributed by atoms with Crippen molar-refractivity contribution in [3.8, 4) is 22.5 Å². The first-order valence-corrected chi connectivity index (χ1v) is 11.3. The first-order valence-electron chi connectivity index (χ1n) is 11.3. The summed E-state index contributed by atoms with van der Waals surface area (Å²) in [5, 5.41) is 3.99. The number of hydrogen-bond donors (Lipinski definition) is 0. The van der Waals surface area contributed by atoms with Crippen molar-refractivity contribution in [2.45, 2.75) is 25.9 Å². The molecule has 3 heterocycles. The van der Waals surface area contributed by atoms with Gasteiger partial charge in [-0.05, 0) is 30.2 Å². The standard InChI is InChI=1S/C25H31N5O/c1-19-26-25(27-31-19)23-9-7-22(8-10-23)21-5-3-20(4-6-21)17-29-12-11-24(18-29)30-15-13-28(2)14-16-30/h3-10,24H,11-18H2,1-2H3/t24-/m0/s1. The first kappa shape index (κ1) is 20.4. The van der Waals surface area contributed by atoms with Crippen LogP contribution in [-0.2, 0) is 6.54 Å². The van der Waals surface area contributed by atoms with Crippen LogP contribution in [0.2, 0.25) is 0 Å². The zero-order chi connectivity index (χ0) is 21.2. The molecule has 3 aromatic rings. The Morgan fingerprint density at radius 3 is 2.16 bits per heavy atom. The van der Waals surface area contributed by atoms with Crippen LogP contribution in [0.1, 0.15) is 17.9 Å². The number of rotatable bonds is 5. The number of nitrogens with zero attached hydrogens (tertiary/aromatic N) is 5. The van der Waals surface area contributed by atoms with Gasteiger partial charge in [-0.25, -0.2) is 0 Å². The highest BCUT2D eigenvalue weighted by Crippen LogP contribution is 2.25. The third-order valence-electron chi connectivity index (χ3n) is 6.67. The highest BCUT2D eigenvalue weighted by atomic mass is 16.5. The molecule has 6 heteroatoms. The number of hydrogen-bond acceptors (Lipinski definition) is 6. The minimum atomic E-state index is 0.586. The van der Waals surface area contributed by atoms with Gasteiger partial charge in [-0.15, -0.1) is 0 Å². The van der Waals surface area contributed by atoms with Crippen LogP contribution < -0.4 is 0 Å². The van der Waals surface area contributed by atoms with Gasteiger partial charge in [-0.2, -0.15) is 4.98 Å². The van der Waals surface area contributed by atoms with E-state index >= 15 is 0 Å². The van der Waals surface area contributed by atoms with Crippen LogP contribution in [0, 0.1) is 6.92 Å². The molecule has 0 unspecified atom stereocenters. The Bertz CT molecular complexity index is 990. The maximum Gasteiger partial charge on any atom is 0.223 e. The fourth-order valence-electron chi connectivity index (χ4n) is 4.73. The molecule has 6 nitrogen and oxygen atoms in total. The van der Waals surface area contributed by atoms with Gasteiger partial charge in [-0.1, -0.05) is 53.7 Å². The molecule has 0 bridgehead atoms. The molecule has 2 fully saturated rings. The van der Waals surface area contributed by atoms with Gasteiger partial charge >= 0.3 is 0 Å². The van der Waals surface area contributed by atoms with Gasteiger partial charge in [0.2, 0.25) is 11.7 Å². The van der Waals surface area contributed by atoms with Gasteiger partial charge < -0.3 is 9.42 Å². The van der Waals surface area contributed by atoms with Crippen LogP contribution in [0.4, 0.5) is 0 Å². The molecule has 31 heavy (non-hydrogen) atoms. The van der Waals surface area contributed by atoms with Gasteiger partial charge in [0.25, 0.3) is 0 Å². The lowest BCUT2D eigenvalue weighted by atomic mass is 10.0. The fourth-order valence-corrected chi connectivity index (χ4v) is 4.73. The molecule has 2 saturated heterocycles. The van der Waals surface area contributed by atoms with Crippen molar-refractivity contribution >= 4 is 0 Å². The lowest BCUT2D eigenvalue weighted by molar-refractivity contribution is 0.112. The van der Waals surface area contributed by atoms with E-state index < -0.39 is 0 Å². The Hall–Kier alpha value is -2.54. The van der Waals surface area contributed by atoms with Crippen LogP contribution in [0.25, 0.3) is 22.5 Å².